The van der Waals surface area contributed by atoms with Crippen molar-refractivity contribution < 1.29 is 8.42 Å². The second-order valence-electron chi connectivity index (χ2n) is 4.76. The van der Waals surface area contributed by atoms with E-state index in [-0.39, 0.29) is 11.7 Å². The molecular formula is C11H14N4O2S. The minimum absolute atomic E-state index is 0.141. The van der Waals surface area contributed by atoms with Gasteiger partial charge in [-0.15, -0.1) is 5.10 Å². The molecule has 0 aromatic carbocycles. The fourth-order valence-corrected chi connectivity index (χ4v) is 4.23. The van der Waals surface area contributed by atoms with Crippen LogP contribution in [0.1, 0.15) is 12.8 Å². The van der Waals surface area contributed by atoms with Crippen molar-refractivity contribution in [3.05, 3.63) is 18.5 Å². The highest BCUT2D eigenvalue weighted by atomic mass is 32.2. The molecule has 2 aromatic rings. The predicted molar refractivity (Wildman–Crippen MR) is 66.7 cm³/mol. The van der Waals surface area contributed by atoms with Crippen LogP contribution in [0.25, 0.3) is 11.0 Å². The fourth-order valence-electron chi connectivity index (χ4n) is 2.47. The molecule has 0 spiro atoms. The molecule has 0 bridgehead atoms. The summed E-state index contributed by atoms with van der Waals surface area (Å²) in [5.41, 5.74) is 1.66. The Morgan fingerprint density at radius 1 is 1.44 bits per heavy atom. The third-order valence-electron chi connectivity index (χ3n) is 3.30. The molecule has 7 heteroatoms. The SMILES string of the molecule is O=S1(=O)CCCC(Cn2nnc3cnccc32)C1. The van der Waals surface area contributed by atoms with Crippen LogP contribution in [0.2, 0.25) is 0 Å². The van der Waals surface area contributed by atoms with E-state index in [2.05, 4.69) is 15.3 Å². The van der Waals surface area contributed by atoms with E-state index >= 15 is 0 Å². The van der Waals surface area contributed by atoms with Crippen LogP contribution in [-0.4, -0.2) is 39.9 Å². The van der Waals surface area contributed by atoms with E-state index in [1.807, 2.05) is 6.07 Å². The van der Waals surface area contributed by atoms with Crippen molar-refractivity contribution in [3.63, 3.8) is 0 Å². The van der Waals surface area contributed by atoms with Crippen LogP contribution >= 0.6 is 0 Å². The summed E-state index contributed by atoms with van der Waals surface area (Å²) in [6, 6.07) is 1.85. The van der Waals surface area contributed by atoms with E-state index in [1.54, 1.807) is 17.1 Å². The average molecular weight is 266 g/mol. The van der Waals surface area contributed by atoms with Gasteiger partial charge in [0.05, 0.1) is 23.2 Å². The fraction of sp³-hybridized carbons (Fsp3) is 0.545. The average Bonchev–Trinajstić information content (AvgIpc) is 2.72. The molecule has 0 N–H and O–H groups in total. The van der Waals surface area contributed by atoms with Crippen molar-refractivity contribution in [2.45, 2.75) is 19.4 Å². The lowest BCUT2D eigenvalue weighted by atomic mass is 10.1. The van der Waals surface area contributed by atoms with E-state index in [0.29, 0.717) is 12.3 Å². The van der Waals surface area contributed by atoms with Gasteiger partial charge >= 0.3 is 0 Å². The Morgan fingerprint density at radius 3 is 3.17 bits per heavy atom. The molecule has 1 aliphatic heterocycles. The molecule has 0 radical (unpaired) electrons. The second-order valence-corrected chi connectivity index (χ2v) is 6.99. The standard InChI is InChI=1S/C11H14N4O2S/c16-18(17)5-1-2-9(8-18)7-15-11-3-4-12-6-10(11)13-14-15/h3-4,6,9H,1-2,5,7-8H2. The summed E-state index contributed by atoms with van der Waals surface area (Å²) in [6.45, 7) is 0.611. The summed E-state index contributed by atoms with van der Waals surface area (Å²) < 4.78 is 25.0. The molecule has 3 rings (SSSR count). The van der Waals surface area contributed by atoms with Gasteiger partial charge in [-0.05, 0) is 24.8 Å². The molecule has 1 fully saturated rings. The molecule has 0 amide bonds. The van der Waals surface area contributed by atoms with E-state index in [4.69, 9.17) is 0 Å². The van der Waals surface area contributed by atoms with Crippen molar-refractivity contribution in [1.82, 2.24) is 20.0 Å². The first kappa shape index (κ1) is 11.6. The van der Waals surface area contributed by atoms with Crippen LogP contribution in [0.15, 0.2) is 18.5 Å². The zero-order valence-corrected chi connectivity index (χ0v) is 10.7. The van der Waals surface area contributed by atoms with Crippen molar-refractivity contribution in [3.8, 4) is 0 Å². The smallest absolute Gasteiger partial charge is 0.150 e. The molecule has 18 heavy (non-hydrogen) atoms. The quantitative estimate of drug-likeness (QED) is 0.797. The van der Waals surface area contributed by atoms with Crippen LogP contribution in [0.3, 0.4) is 0 Å². The van der Waals surface area contributed by atoms with Crippen LogP contribution < -0.4 is 0 Å². The van der Waals surface area contributed by atoms with E-state index in [1.165, 1.54) is 0 Å². The van der Waals surface area contributed by atoms with E-state index in [0.717, 1.165) is 23.9 Å². The number of pyridine rings is 1. The van der Waals surface area contributed by atoms with Gasteiger partial charge in [0.2, 0.25) is 0 Å². The largest absolute Gasteiger partial charge is 0.262 e. The maximum Gasteiger partial charge on any atom is 0.150 e. The molecule has 2 aromatic heterocycles. The Morgan fingerprint density at radius 2 is 2.33 bits per heavy atom. The van der Waals surface area contributed by atoms with Crippen molar-refractivity contribution >= 4 is 20.9 Å². The lowest BCUT2D eigenvalue weighted by Gasteiger charge is -2.21. The van der Waals surface area contributed by atoms with Gasteiger partial charge in [0.15, 0.2) is 9.84 Å². The van der Waals surface area contributed by atoms with Crippen LogP contribution in [-0.2, 0) is 16.4 Å². The number of fused-ring (bicyclic) bond motifs is 1. The third kappa shape index (κ3) is 2.22. The van der Waals surface area contributed by atoms with Gasteiger partial charge in [-0.1, -0.05) is 5.21 Å². The first-order chi connectivity index (χ1) is 8.64. The molecule has 6 nitrogen and oxygen atoms in total. The van der Waals surface area contributed by atoms with Crippen LogP contribution in [0.4, 0.5) is 0 Å². The number of rotatable bonds is 2. The highest BCUT2D eigenvalue weighted by molar-refractivity contribution is 7.91. The van der Waals surface area contributed by atoms with Gasteiger partial charge in [0.25, 0.3) is 0 Å². The molecule has 1 aliphatic rings. The summed E-state index contributed by atoms with van der Waals surface area (Å²) in [7, 11) is -2.86. The van der Waals surface area contributed by atoms with Gasteiger partial charge in [0, 0.05) is 12.7 Å². The molecule has 1 saturated heterocycles. The summed E-state index contributed by atoms with van der Waals surface area (Å²) in [6.07, 6.45) is 5.04. The van der Waals surface area contributed by atoms with Gasteiger partial charge in [-0.2, -0.15) is 0 Å². The summed E-state index contributed by atoms with van der Waals surface area (Å²) in [4.78, 5) is 3.98. The van der Waals surface area contributed by atoms with Crippen molar-refractivity contribution in [1.29, 1.82) is 0 Å². The minimum Gasteiger partial charge on any atom is -0.262 e. The van der Waals surface area contributed by atoms with E-state index in [9.17, 15) is 8.42 Å². The third-order valence-corrected chi connectivity index (χ3v) is 5.19. The molecular weight excluding hydrogens is 252 g/mol. The van der Waals surface area contributed by atoms with Crippen molar-refractivity contribution in [2.75, 3.05) is 11.5 Å². The Labute approximate surface area is 105 Å². The second kappa shape index (κ2) is 4.31. The normalized spacial score (nSPS) is 23.2. The Hall–Kier alpha value is -1.50. The first-order valence-electron chi connectivity index (χ1n) is 5.98. The van der Waals surface area contributed by atoms with Gasteiger partial charge in [-0.25, -0.2) is 13.1 Å². The Balaban J connectivity index is 1.84. The zero-order chi connectivity index (χ0) is 12.6. The first-order valence-corrected chi connectivity index (χ1v) is 7.80. The Bertz CT molecular complexity index is 664. The zero-order valence-electron chi connectivity index (χ0n) is 9.86. The lowest BCUT2D eigenvalue weighted by Crippen LogP contribution is -2.28. The van der Waals surface area contributed by atoms with Crippen LogP contribution in [0, 0.1) is 5.92 Å². The highest BCUT2D eigenvalue weighted by Crippen LogP contribution is 2.21. The topological polar surface area (TPSA) is 77.7 Å². The maximum atomic E-state index is 11.6. The molecule has 96 valence electrons. The van der Waals surface area contributed by atoms with Gasteiger partial charge in [-0.3, -0.25) is 4.98 Å². The summed E-state index contributed by atoms with van der Waals surface area (Å²) >= 11 is 0. The van der Waals surface area contributed by atoms with Gasteiger partial charge < -0.3 is 0 Å². The number of aromatic nitrogens is 4. The molecule has 1 unspecified atom stereocenters. The monoisotopic (exact) mass is 266 g/mol. The van der Waals surface area contributed by atoms with Crippen molar-refractivity contribution in [2.24, 2.45) is 5.92 Å². The molecule has 1 atom stereocenters. The van der Waals surface area contributed by atoms with Crippen LogP contribution in [0.5, 0.6) is 0 Å². The maximum absolute atomic E-state index is 11.6. The number of hydrogen-bond donors (Lipinski definition) is 0. The summed E-state index contributed by atoms with van der Waals surface area (Å²) in [5, 5.41) is 8.09. The number of hydrogen-bond acceptors (Lipinski definition) is 5. The lowest BCUT2D eigenvalue weighted by molar-refractivity contribution is 0.407. The van der Waals surface area contributed by atoms with E-state index < -0.39 is 9.84 Å². The molecule has 0 aliphatic carbocycles. The summed E-state index contributed by atoms with van der Waals surface area (Å²) in [5.74, 6) is 0.729. The predicted octanol–water partition coefficient (Wildman–Crippen LogP) is 0.651. The Kier molecular flexibility index (Phi) is 2.77. The van der Waals surface area contributed by atoms with Gasteiger partial charge in [0.1, 0.15) is 5.52 Å². The number of sulfone groups is 1. The number of nitrogens with zero attached hydrogens (tertiary/aromatic N) is 4. The molecule has 0 saturated carbocycles. The molecule has 3 heterocycles. The highest BCUT2D eigenvalue weighted by Gasteiger charge is 2.25. The minimum atomic E-state index is -2.86.